The summed E-state index contributed by atoms with van der Waals surface area (Å²) in [6.45, 7) is 3.52. The molecule has 7 nitrogen and oxygen atoms in total. The number of hydrogen-bond donors (Lipinski definition) is 0. The average Bonchev–Trinajstić information content (AvgIpc) is 3.52. The standard InChI is InChI=1S/C29H23F3N2O5S/c1-4-38-27(36)24-16(2)33-28-34(25(24)20-10-5-6-11-22(20)37-3)26(35)23(40-28)15-19-12-13-21(39-19)17-8-7-9-18(14-17)29(30,31)32/h5-15,25H,4H2,1-3H3/b23-15+/t25-/m0/s1. The first kappa shape index (κ1) is 27.2. The lowest BCUT2D eigenvalue weighted by Gasteiger charge is -2.25. The number of alkyl halides is 3. The zero-order valence-corrected chi connectivity index (χ0v) is 22.4. The van der Waals surface area contributed by atoms with Crippen molar-refractivity contribution >= 4 is 23.4 Å². The number of rotatable bonds is 6. The van der Waals surface area contributed by atoms with E-state index in [1.807, 2.05) is 0 Å². The van der Waals surface area contributed by atoms with E-state index >= 15 is 0 Å². The van der Waals surface area contributed by atoms with E-state index in [4.69, 9.17) is 13.9 Å². The lowest BCUT2D eigenvalue weighted by atomic mass is 9.95. The fourth-order valence-corrected chi connectivity index (χ4v) is 5.57. The van der Waals surface area contributed by atoms with Gasteiger partial charge in [-0.1, -0.05) is 41.7 Å². The molecule has 0 amide bonds. The number of aromatic nitrogens is 1. The maximum Gasteiger partial charge on any atom is 0.416 e. The molecule has 206 valence electrons. The first-order valence-electron chi connectivity index (χ1n) is 12.2. The van der Waals surface area contributed by atoms with Crippen molar-refractivity contribution in [2.45, 2.75) is 26.1 Å². The number of ether oxygens (including phenoxy) is 2. The van der Waals surface area contributed by atoms with Crippen molar-refractivity contribution in [2.75, 3.05) is 13.7 Å². The van der Waals surface area contributed by atoms with Crippen LogP contribution in [0.1, 0.15) is 36.8 Å². The van der Waals surface area contributed by atoms with Crippen LogP contribution < -0.4 is 19.6 Å². The predicted octanol–water partition coefficient (Wildman–Crippen LogP) is 5.09. The van der Waals surface area contributed by atoms with Gasteiger partial charge < -0.3 is 13.9 Å². The molecule has 0 N–H and O–H groups in total. The van der Waals surface area contributed by atoms with E-state index < -0.39 is 29.3 Å². The van der Waals surface area contributed by atoms with Crippen LogP contribution in [0, 0.1) is 0 Å². The maximum atomic E-state index is 13.8. The zero-order valence-electron chi connectivity index (χ0n) is 21.6. The number of fused-ring (bicyclic) bond motifs is 1. The number of carbonyl (C=O) groups excluding carboxylic acids is 1. The van der Waals surface area contributed by atoms with Crippen LogP contribution >= 0.6 is 11.3 Å². The fourth-order valence-electron chi connectivity index (χ4n) is 4.54. The van der Waals surface area contributed by atoms with E-state index in [9.17, 15) is 22.8 Å². The van der Waals surface area contributed by atoms with Gasteiger partial charge >= 0.3 is 12.1 Å². The van der Waals surface area contributed by atoms with Gasteiger partial charge in [0.05, 0.1) is 35.1 Å². The third kappa shape index (κ3) is 5.00. The molecule has 2 aromatic carbocycles. The Morgan fingerprint density at radius 3 is 2.65 bits per heavy atom. The number of esters is 1. The molecule has 0 bridgehead atoms. The van der Waals surface area contributed by atoms with Crippen molar-refractivity contribution in [1.82, 2.24) is 4.57 Å². The highest BCUT2D eigenvalue weighted by molar-refractivity contribution is 7.07. The van der Waals surface area contributed by atoms with Crippen LogP contribution in [0.4, 0.5) is 13.2 Å². The summed E-state index contributed by atoms with van der Waals surface area (Å²) in [5, 5.41) is 0. The van der Waals surface area contributed by atoms with Gasteiger partial charge in [-0.25, -0.2) is 9.79 Å². The van der Waals surface area contributed by atoms with Crippen LogP contribution in [0.15, 0.2) is 86.1 Å². The number of thiazole rings is 1. The minimum absolute atomic E-state index is 0.144. The van der Waals surface area contributed by atoms with E-state index in [-0.39, 0.29) is 33.8 Å². The number of hydrogen-bond acceptors (Lipinski definition) is 7. The number of carbonyl (C=O) groups is 1. The van der Waals surface area contributed by atoms with Gasteiger partial charge in [0.15, 0.2) is 4.80 Å². The molecule has 1 aliphatic heterocycles. The van der Waals surface area contributed by atoms with E-state index in [0.29, 0.717) is 21.8 Å². The monoisotopic (exact) mass is 568 g/mol. The number of para-hydroxylation sites is 1. The first-order chi connectivity index (χ1) is 19.1. The van der Waals surface area contributed by atoms with Crippen LogP contribution in [0.2, 0.25) is 0 Å². The van der Waals surface area contributed by atoms with Gasteiger partial charge in [-0.2, -0.15) is 13.2 Å². The molecule has 0 fully saturated rings. The van der Waals surface area contributed by atoms with Gasteiger partial charge in [-0.3, -0.25) is 9.36 Å². The molecule has 40 heavy (non-hydrogen) atoms. The first-order valence-corrected chi connectivity index (χ1v) is 13.0. The van der Waals surface area contributed by atoms with E-state index in [0.717, 1.165) is 23.5 Å². The molecule has 0 unspecified atom stereocenters. The minimum Gasteiger partial charge on any atom is -0.496 e. The van der Waals surface area contributed by atoms with E-state index in [1.54, 1.807) is 50.2 Å². The normalized spacial score (nSPS) is 15.6. The van der Waals surface area contributed by atoms with Crippen molar-refractivity contribution in [2.24, 2.45) is 4.99 Å². The number of benzene rings is 2. The van der Waals surface area contributed by atoms with Crippen LogP contribution in [0.5, 0.6) is 5.75 Å². The summed E-state index contributed by atoms with van der Waals surface area (Å²) < 4.78 is 57.8. The van der Waals surface area contributed by atoms with Crippen LogP contribution in [0.3, 0.4) is 0 Å². The van der Waals surface area contributed by atoms with Crippen LogP contribution in [-0.2, 0) is 15.7 Å². The average molecular weight is 569 g/mol. The Balaban J connectivity index is 1.63. The van der Waals surface area contributed by atoms with E-state index in [1.165, 1.54) is 29.9 Å². The Bertz CT molecular complexity index is 1810. The summed E-state index contributed by atoms with van der Waals surface area (Å²) in [5.74, 6) is 0.381. The van der Waals surface area contributed by atoms with E-state index in [2.05, 4.69) is 4.99 Å². The van der Waals surface area contributed by atoms with Crippen molar-refractivity contribution in [3.05, 3.63) is 109 Å². The van der Waals surface area contributed by atoms with Gasteiger partial charge in [0.25, 0.3) is 5.56 Å². The number of furan rings is 1. The Kier molecular flexibility index (Phi) is 7.24. The summed E-state index contributed by atoms with van der Waals surface area (Å²) in [7, 11) is 1.50. The molecule has 2 aromatic heterocycles. The lowest BCUT2D eigenvalue weighted by Crippen LogP contribution is -2.40. The molecule has 0 spiro atoms. The molecule has 4 aromatic rings. The third-order valence-electron chi connectivity index (χ3n) is 6.33. The molecular weight excluding hydrogens is 545 g/mol. The lowest BCUT2D eigenvalue weighted by molar-refractivity contribution is -0.139. The van der Waals surface area contributed by atoms with Gasteiger partial charge in [-0.05, 0) is 44.2 Å². The third-order valence-corrected chi connectivity index (χ3v) is 7.31. The minimum atomic E-state index is -4.49. The van der Waals surface area contributed by atoms with Crippen LogP contribution in [0.25, 0.3) is 17.4 Å². The van der Waals surface area contributed by atoms with Gasteiger partial charge in [0.2, 0.25) is 0 Å². The maximum absolute atomic E-state index is 13.8. The Labute approximate surface area is 230 Å². The van der Waals surface area contributed by atoms with Crippen molar-refractivity contribution in [3.8, 4) is 17.1 Å². The molecule has 0 aliphatic carbocycles. The molecular formula is C29H23F3N2O5S. The second-order valence-corrected chi connectivity index (χ2v) is 9.83. The zero-order chi connectivity index (χ0) is 28.6. The van der Waals surface area contributed by atoms with Crippen molar-refractivity contribution < 1.29 is 31.9 Å². The Hall–Kier alpha value is -4.38. The number of halogens is 3. The highest BCUT2D eigenvalue weighted by atomic mass is 32.1. The fraction of sp³-hybridized carbons (Fsp3) is 0.207. The Morgan fingerprint density at radius 2 is 1.93 bits per heavy atom. The number of allylic oxidation sites excluding steroid dienone is 1. The highest BCUT2D eigenvalue weighted by Crippen LogP contribution is 2.36. The summed E-state index contributed by atoms with van der Waals surface area (Å²) in [4.78, 5) is 31.7. The molecule has 0 saturated carbocycles. The largest absolute Gasteiger partial charge is 0.496 e. The molecule has 3 heterocycles. The summed E-state index contributed by atoms with van der Waals surface area (Å²) in [6, 6.07) is 14.1. The molecule has 0 radical (unpaired) electrons. The van der Waals surface area contributed by atoms with Crippen molar-refractivity contribution in [1.29, 1.82) is 0 Å². The molecule has 0 saturated heterocycles. The van der Waals surface area contributed by atoms with Crippen LogP contribution in [-0.4, -0.2) is 24.3 Å². The highest BCUT2D eigenvalue weighted by Gasteiger charge is 2.35. The second kappa shape index (κ2) is 10.6. The SMILES string of the molecule is CCOC(=O)C1=C(C)N=c2s/c(=C/c3ccc(-c4cccc(C(F)(F)F)c4)o3)c(=O)n2[C@H]1c1ccccc1OC. The Morgan fingerprint density at radius 1 is 1.15 bits per heavy atom. The van der Waals surface area contributed by atoms with Crippen molar-refractivity contribution in [3.63, 3.8) is 0 Å². The second-order valence-electron chi connectivity index (χ2n) is 8.82. The molecule has 5 rings (SSSR count). The summed E-state index contributed by atoms with van der Waals surface area (Å²) >= 11 is 1.10. The quantitative estimate of drug-likeness (QED) is 0.303. The molecule has 11 heteroatoms. The summed E-state index contributed by atoms with van der Waals surface area (Å²) in [5.41, 5.74) is 0.245. The number of methoxy groups -OCH3 is 1. The molecule has 1 aliphatic rings. The van der Waals surface area contributed by atoms with Gasteiger partial charge in [0.1, 0.15) is 23.3 Å². The van der Waals surface area contributed by atoms with Gasteiger partial charge in [-0.15, -0.1) is 0 Å². The summed E-state index contributed by atoms with van der Waals surface area (Å²) in [6.07, 6.45) is -2.98. The smallest absolute Gasteiger partial charge is 0.416 e. The predicted molar refractivity (Wildman–Crippen MR) is 143 cm³/mol. The molecule has 1 atom stereocenters. The number of nitrogens with zero attached hydrogens (tertiary/aromatic N) is 2. The topological polar surface area (TPSA) is 83.0 Å². The van der Waals surface area contributed by atoms with Gasteiger partial charge in [0, 0.05) is 17.2 Å².